The number of hydrogen-bond donors (Lipinski definition) is 3. The number of aliphatic hydroxyl groups is 1. The first-order valence-corrected chi connectivity index (χ1v) is 14.2. The zero-order chi connectivity index (χ0) is 27.7. The molecular weight excluding hydrogens is 502 g/mol. The van der Waals surface area contributed by atoms with Crippen LogP contribution in [0.3, 0.4) is 0 Å². The fraction of sp³-hybridized carbons (Fsp3) is 0.406. The molecular formula is C32H37N5O3. The number of H-pyrrole nitrogens is 1. The Hall–Kier alpha value is -3.75. The first kappa shape index (κ1) is 26.5. The first-order chi connectivity index (χ1) is 19.3. The lowest BCUT2D eigenvalue weighted by Gasteiger charge is -2.35. The van der Waals surface area contributed by atoms with Gasteiger partial charge in [0.15, 0.2) is 0 Å². The highest BCUT2D eigenvalue weighted by Gasteiger charge is 2.34. The van der Waals surface area contributed by atoms with Crippen molar-refractivity contribution in [1.82, 2.24) is 25.4 Å². The molecule has 0 bridgehead atoms. The molecule has 40 heavy (non-hydrogen) atoms. The van der Waals surface area contributed by atoms with Gasteiger partial charge in [-0.25, -0.2) is 0 Å². The number of aromatic amines is 1. The minimum absolute atomic E-state index is 0.0745. The average Bonchev–Trinajstić information content (AvgIpc) is 3.71. The van der Waals surface area contributed by atoms with E-state index in [0.717, 1.165) is 72.4 Å². The Morgan fingerprint density at radius 3 is 2.55 bits per heavy atom. The van der Waals surface area contributed by atoms with Gasteiger partial charge in [-0.1, -0.05) is 6.07 Å². The maximum absolute atomic E-state index is 13.3. The minimum atomic E-state index is -0.677. The highest BCUT2D eigenvalue weighted by Crippen LogP contribution is 2.40. The molecule has 208 valence electrons. The zero-order valence-corrected chi connectivity index (χ0v) is 23.1. The number of amides is 1. The third kappa shape index (κ3) is 6.18. The van der Waals surface area contributed by atoms with Gasteiger partial charge in [0.25, 0.3) is 5.91 Å². The highest BCUT2D eigenvalue weighted by atomic mass is 16.5. The normalized spacial score (nSPS) is 17.6. The molecule has 2 aromatic carbocycles. The first-order valence-electron chi connectivity index (χ1n) is 14.2. The van der Waals surface area contributed by atoms with Gasteiger partial charge in [-0.2, -0.15) is 5.10 Å². The van der Waals surface area contributed by atoms with E-state index in [4.69, 9.17) is 4.74 Å². The van der Waals surface area contributed by atoms with Crippen molar-refractivity contribution in [2.24, 2.45) is 5.92 Å². The van der Waals surface area contributed by atoms with E-state index >= 15 is 0 Å². The van der Waals surface area contributed by atoms with Gasteiger partial charge in [0.2, 0.25) is 0 Å². The molecule has 1 aliphatic heterocycles. The number of hydrogen-bond acceptors (Lipinski definition) is 6. The van der Waals surface area contributed by atoms with Crippen molar-refractivity contribution in [3.05, 3.63) is 78.1 Å². The van der Waals surface area contributed by atoms with Crippen LogP contribution >= 0.6 is 0 Å². The summed E-state index contributed by atoms with van der Waals surface area (Å²) in [5.41, 5.74) is 3.48. The molecule has 3 N–H and O–H groups in total. The molecule has 4 aromatic rings. The molecule has 1 saturated carbocycles. The third-order valence-electron chi connectivity index (χ3n) is 7.79. The molecule has 1 aliphatic carbocycles. The van der Waals surface area contributed by atoms with Crippen molar-refractivity contribution < 1.29 is 14.6 Å². The molecule has 2 aliphatic rings. The molecule has 0 radical (unpaired) electrons. The van der Waals surface area contributed by atoms with Gasteiger partial charge < -0.3 is 20.1 Å². The monoisotopic (exact) mass is 539 g/mol. The Labute approximate surface area is 234 Å². The largest absolute Gasteiger partial charge is 0.490 e. The summed E-state index contributed by atoms with van der Waals surface area (Å²) in [7, 11) is 0. The van der Waals surface area contributed by atoms with Crippen LogP contribution in [0.15, 0.2) is 66.9 Å². The van der Waals surface area contributed by atoms with Crippen molar-refractivity contribution in [1.29, 1.82) is 0 Å². The van der Waals surface area contributed by atoms with Gasteiger partial charge in [-0.3, -0.25) is 14.9 Å². The number of rotatable bonds is 9. The summed E-state index contributed by atoms with van der Waals surface area (Å²) >= 11 is 0. The molecule has 0 spiro atoms. The molecule has 3 heterocycles. The lowest BCUT2D eigenvalue weighted by molar-refractivity contribution is 0.0140. The Balaban J connectivity index is 1.13. The second-order valence-corrected chi connectivity index (χ2v) is 11.8. The Bertz CT molecular complexity index is 1450. The van der Waals surface area contributed by atoms with Crippen molar-refractivity contribution >= 4 is 16.8 Å². The van der Waals surface area contributed by atoms with Crippen LogP contribution in [-0.2, 0) is 0 Å². The highest BCUT2D eigenvalue weighted by molar-refractivity contribution is 6.01. The van der Waals surface area contributed by atoms with E-state index in [1.807, 2.05) is 74.5 Å². The number of nitrogens with zero attached hydrogens (tertiary/aromatic N) is 3. The molecule has 1 saturated heterocycles. The quantitative estimate of drug-likeness (QED) is 0.273. The van der Waals surface area contributed by atoms with Crippen LogP contribution in [-0.4, -0.2) is 62.4 Å². The molecule has 8 heteroatoms. The van der Waals surface area contributed by atoms with Gasteiger partial charge in [0.05, 0.1) is 28.5 Å². The average molecular weight is 540 g/mol. The van der Waals surface area contributed by atoms with E-state index in [-0.39, 0.29) is 18.1 Å². The second-order valence-electron chi connectivity index (χ2n) is 11.8. The number of β-amino-alcohol motifs (C(OH)–C–C–N with tert-alkyl or cyclic N) is 1. The number of aromatic nitrogens is 3. The van der Waals surface area contributed by atoms with Crippen LogP contribution in [0.2, 0.25) is 0 Å². The Kier molecular flexibility index (Phi) is 7.29. The van der Waals surface area contributed by atoms with E-state index in [0.29, 0.717) is 18.0 Å². The summed E-state index contributed by atoms with van der Waals surface area (Å²) in [5, 5.41) is 21.9. The van der Waals surface area contributed by atoms with E-state index in [1.165, 1.54) is 0 Å². The number of fused-ring (bicyclic) bond motifs is 1. The molecule has 0 unspecified atom stereocenters. The fourth-order valence-electron chi connectivity index (χ4n) is 5.64. The number of ether oxygens (including phenoxy) is 1. The van der Waals surface area contributed by atoms with Crippen LogP contribution in [0.5, 0.6) is 5.75 Å². The topological polar surface area (TPSA) is 103 Å². The van der Waals surface area contributed by atoms with Gasteiger partial charge in [-0.05, 0) is 100 Å². The number of carbonyl (C=O) groups excluding carboxylic acids is 1. The maximum atomic E-state index is 13.3. The van der Waals surface area contributed by atoms with Gasteiger partial charge in [-0.15, -0.1) is 0 Å². The number of benzene rings is 2. The molecule has 6 rings (SSSR count). The van der Waals surface area contributed by atoms with Crippen molar-refractivity contribution in [3.8, 4) is 17.0 Å². The summed E-state index contributed by atoms with van der Waals surface area (Å²) in [6.45, 7) is 6.23. The van der Waals surface area contributed by atoms with Crippen molar-refractivity contribution in [3.63, 3.8) is 0 Å². The summed E-state index contributed by atoms with van der Waals surface area (Å²) in [5.74, 6) is 1.17. The Morgan fingerprint density at radius 2 is 1.88 bits per heavy atom. The third-order valence-corrected chi connectivity index (χ3v) is 7.79. The van der Waals surface area contributed by atoms with Crippen molar-refractivity contribution in [2.45, 2.75) is 57.3 Å². The summed E-state index contributed by atoms with van der Waals surface area (Å²) in [4.78, 5) is 20.1. The fourth-order valence-corrected chi connectivity index (χ4v) is 5.64. The number of piperidine rings is 1. The van der Waals surface area contributed by atoms with E-state index in [2.05, 4.69) is 25.4 Å². The molecule has 1 atom stereocenters. The summed E-state index contributed by atoms with van der Waals surface area (Å²) < 4.78 is 6.27. The van der Waals surface area contributed by atoms with Crippen LogP contribution in [0.25, 0.3) is 22.2 Å². The standard InChI is InChI=1S/C32H37N5O3/c1-32(2,39)20-37-17-14-25(15-18-37)40-24-11-8-21(9-12-24)29-26-19-23(10-13-27(26)35-36-29)31(38)34-30(22-6-7-22)28-5-3-4-16-33-28/h3-5,8-13,16,19,22,25,30,39H,6-7,14-15,17-18,20H2,1-2H3,(H,34,38)(H,35,36)/t30-/m0/s1. The van der Waals surface area contributed by atoms with Crippen LogP contribution in [0.4, 0.5) is 0 Å². The summed E-state index contributed by atoms with van der Waals surface area (Å²) in [6, 6.07) is 19.4. The minimum Gasteiger partial charge on any atom is -0.490 e. The number of pyridine rings is 1. The molecule has 2 fully saturated rings. The molecule has 2 aromatic heterocycles. The van der Waals surface area contributed by atoms with E-state index in [9.17, 15) is 9.90 Å². The van der Waals surface area contributed by atoms with Crippen LogP contribution < -0.4 is 10.1 Å². The van der Waals surface area contributed by atoms with Crippen LogP contribution in [0.1, 0.15) is 61.6 Å². The molecule has 1 amide bonds. The molecule has 8 nitrogen and oxygen atoms in total. The second kappa shape index (κ2) is 11.0. The number of nitrogens with one attached hydrogen (secondary N) is 2. The Morgan fingerprint density at radius 1 is 1.10 bits per heavy atom. The lowest BCUT2D eigenvalue weighted by Crippen LogP contribution is -2.45. The van der Waals surface area contributed by atoms with Crippen molar-refractivity contribution in [2.75, 3.05) is 19.6 Å². The van der Waals surface area contributed by atoms with Gasteiger partial charge >= 0.3 is 0 Å². The number of carbonyl (C=O) groups is 1. The smallest absolute Gasteiger partial charge is 0.251 e. The number of likely N-dealkylation sites (tertiary alicyclic amines) is 1. The predicted molar refractivity (Wildman–Crippen MR) is 155 cm³/mol. The maximum Gasteiger partial charge on any atom is 0.251 e. The SMILES string of the molecule is CC(C)(O)CN1CCC(Oc2ccc(-c3n[nH]c4ccc(C(=O)N[C@H](c5ccccn5)C5CC5)cc34)cc2)CC1. The summed E-state index contributed by atoms with van der Waals surface area (Å²) in [6.07, 6.45) is 6.03. The lowest BCUT2D eigenvalue weighted by atomic mass is 10.0. The zero-order valence-electron chi connectivity index (χ0n) is 23.1. The van der Waals surface area contributed by atoms with Gasteiger partial charge in [0, 0.05) is 42.3 Å². The van der Waals surface area contributed by atoms with Gasteiger partial charge in [0.1, 0.15) is 11.9 Å². The van der Waals surface area contributed by atoms with E-state index in [1.54, 1.807) is 6.20 Å². The predicted octanol–water partition coefficient (Wildman–Crippen LogP) is 5.12. The van der Waals surface area contributed by atoms with Crippen LogP contribution in [0, 0.1) is 5.92 Å². The van der Waals surface area contributed by atoms with E-state index < -0.39 is 5.60 Å².